The maximum atomic E-state index is 14.8. The SMILES string of the molecule is CC[C@H](C)[C@H](NC(=O)[C@@H](NC(=O)[C@H](CS)NC(=O)[C@H](CO)NC(=O)CNC(=O)[C@@H](NC(=O)[C@H](CCC(=O)O)NC(=O)[C@@H](N)CCSC)[C@@H](C)O)C(C)C)C(=O)N[C@@H](Cc1ccc(O)cc1)C(=O)N[C@@H](Cc1ccccc1)C(=O)N[C@@H](Cc1cnc[nH]1)C(=O)N[C@@H](CCC(N)=O)C(=O)O. The molecule has 0 radical (unpaired) electrons. The number of hydrogen-bond donors (Lipinski definition) is 20. The molecule has 1 aromatic heterocycles. The topological polar surface area (TPSA) is 553 Å². The minimum atomic E-state index is -1.78. The van der Waals surface area contributed by atoms with Gasteiger partial charge in [0.15, 0.2) is 0 Å². The number of imidazole rings is 1. The Labute approximate surface area is 574 Å². The Bertz CT molecular complexity index is 3190. The molecule has 12 amide bonds. The molecule has 36 heteroatoms. The van der Waals surface area contributed by atoms with Gasteiger partial charge in [0.2, 0.25) is 70.9 Å². The molecule has 0 aliphatic carbocycles. The smallest absolute Gasteiger partial charge is 0.326 e. The number of carboxylic acid groups (broad SMARTS) is 2. The van der Waals surface area contributed by atoms with E-state index in [0.717, 1.165) is 6.92 Å². The van der Waals surface area contributed by atoms with E-state index in [1.807, 2.05) is 0 Å². The fourth-order valence-corrected chi connectivity index (χ4v) is 10.1. The number of hydrogen-bond acceptors (Lipinski definition) is 21. The molecular weight excluding hydrogens is 1320 g/mol. The van der Waals surface area contributed by atoms with Crippen molar-refractivity contribution in [1.29, 1.82) is 0 Å². The number of aliphatic hydroxyl groups excluding tert-OH is 2. The number of primary amides is 1. The van der Waals surface area contributed by atoms with Gasteiger partial charge in [-0.3, -0.25) is 62.3 Å². The number of aliphatic hydroxyl groups is 2. The molecule has 0 aliphatic rings. The maximum Gasteiger partial charge on any atom is 0.326 e. The summed E-state index contributed by atoms with van der Waals surface area (Å²) in [5.74, 6) is -15.9. The molecule has 0 saturated carbocycles. The molecule has 1 heterocycles. The normalized spacial score (nSPS) is 15.1. The number of carboxylic acids is 2. The lowest BCUT2D eigenvalue weighted by Gasteiger charge is -2.30. The van der Waals surface area contributed by atoms with Gasteiger partial charge in [0.05, 0.1) is 31.6 Å². The standard InChI is InChI=1S/C62H91N15O19S2/c1-7-32(4)50(61(94)73-42(24-35-13-15-37(80)16-14-35)55(88)71-41(23-34-11-9-8-10-12-34)54(87)72-43(25-36-26-65-30-67-36)56(89)70-40(62(95)96)17-19-46(64)81)76-60(93)49(31(2)3)75-58(91)45(29-97)74-57(90)44(28-78)68-47(82)27-66-59(92)51(33(5)79)77-53(86)39(18-20-48(83)84)69-52(85)38(63)21-22-98-6/h8-16,26,30-33,38-45,49-51,78-80,97H,7,17-25,27-29,63H2,1-6H3,(H2,64,81)(H,65,67)(H,66,92)(H,68,82)(H,69,85)(H,70,89)(H,71,88)(H,72,87)(H,73,94)(H,74,90)(H,75,91)(H,76,93)(H,77,86)(H,83,84)(H,95,96)/t32-,33+,38-,39-,40-,41-,42-,43-,44-,45-,49-,50-,51-/m0/s1. The Morgan fingerprint density at radius 2 is 1.06 bits per heavy atom. The summed E-state index contributed by atoms with van der Waals surface area (Å²) in [6, 6.07) is -2.70. The zero-order valence-corrected chi connectivity index (χ0v) is 56.7. The molecule has 0 unspecified atom stereocenters. The average molecular weight is 1410 g/mol. The van der Waals surface area contributed by atoms with E-state index in [-0.39, 0.29) is 44.3 Å². The van der Waals surface area contributed by atoms with E-state index in [1.165, 1.54) is 48.6 Å². The summed E-state index contributed by atoms with van der Waals surface area (Å²) < 4.78 is 0. The van der Waals surface area contributed by atoms with E-state index in [9.17, 15) is 92.7 Å². The second-order valence-electron chi connectivity index (χ2n) is 23.4. The number of nitrogens with zero attached hydrogens (tertiary/aromatic N) is 1. The van der Waals surface area contributed by atoms with Crippen LogP contribution >= 0.6 is 24.4 Å². The number of aromatic hydroxyl groups is 1. The molecule has 0 spiro atoms. The number of aromatic nitrogens is 2. The zero-order valence-electron chi connectivity index (χ0n) is 55.0. The van der Waals surface area contributed by atoms with Crippen LogP contribution in [0.25, 0.3) is 0 Å². The van der Waals surface area contributed by atoms with Crippen LogP contribution in [0, 0.1) is 11.8 Å². The first-order valence-electron chi connectivity index (χ1n) is 31.3. The van der Waals surface area contributed by atoms with Crippen molar-refractivity contribution in [3.8, 4) is 5.75 Å². The van der Waals surface area contributed by atoms with Crippen molar-refractivity contribution in [1.82, 2.24) is 68.5 Å². The lowest BCUT2D eigenvalue weighted by Crippen LogP contribution is -2.62. The van der Waals surface area contributed by atoms with Crippen molar-refractivity contribution in [2.45, 2.75) is 165 Å². The van der Waals surface area contributed by atoms with Crippen molar-refractivity contribution in [2.75, 3.05) is 30.9 Å². The van der Waals surface area contributed by atoms with Crippen LogP contribution in [0.5, 0.6) is 5.75 Å². The number of thiol groups is 1. The van der Waals surface area contributed by atoms with Gasteiger partial charge in [-0.2, -0.15) is 24.4 Å². The first kappa shape index (κ1) is 82.8. The Morgan fingerprint density at radius 1 is 0.571 bits per heavy atom. The second kappa shape index (κ2) is 42.3. The van der Waals surface area contributed by atoms with Crippen molar-refractivity contribution in [3.63, 3.8) is 0 Å². The summed E-state index contributed by atoms with van der Waals surface area (Å²) in [5.41, 5.74) is 12.4. The second-order valence-corrected chi connectivity index (χ2v) is 24.8. The fourth-order valence-electron chi connectivity index (χ4n) is 9.35. The Morgan fingerprint density at radius 3 is 1.57 bits per heavy atom. The molecule has 0 saturated heterocycles. The first-order valence-corrected chi connectivity index (χ1v) is 33.3. The molecular formula is C62H91N15O19S2. The molecule has 21 N–H and O–H groups in total. The number of nitrogens with two attached hydrogens (primary N) is 2. The summed E-state index contributed by atoms with van der Waals surface area (Å²) in [7, 11) is 0. The highest BCUT2D eigenvalue weighted by molar-refractivity contribution is 7.98. The van der Waals surface area contributed by atoms with E-state index in [0.29, 0.717) is 22.6 Å². The van der Waals surface area contributed by atoms with Gasteiger partial charge in [0, 0.05) is 49.7 Å². The minimum Gasteiger partial charge on any atom is -0.508 e. The quantitative estimate of drug-likeness (QED) is 0.0237. The number of rotatable bonds is 44. The number of amides is 12. The lowest BCUT2D eigenvalue weighted by atomic mass is 9.95. The summed E-state index contributed by atoms with van der Waals surface area (Å²) in [4.78, 5) is 194. The Hall–Kier alpha value is -9.39. The van der Waals surface area contributed by atoms with E-state index < -0.39 is 205 Å². The summed E-state index contributed by atoms with van der Waals surface area (Å²) in [5, 5.41) is 76.6. The predicted molar refractivity (Wildman–Crippen MR) is 357 cm³/mol. The van der Waals surface area contributed by atoms with Crippen molar-refractivity contribution in [3.05, 3.63) is 83.9 Å². The number of aliphatic carboxylic acids is 2. The molecule has 0 aliphatic heterocycles. The summed E-state index contributed by atoms with van der Waals surface area (Å²) in [6.45, 7) is 5.59. The number of nitrogens with one attached hydrogen (secondary N) is 12. The van der Waals surface area contributed by atoms with E-state index in [4.69, 9.17) is 11.5 Å². The van der Waals surface area contributed by atoms with Gasteiger partial charge in [-0.1, -0.05) is 76.6 Å². The number of phenolic OH excluding ortho intramolecular Hbond substituents is 1. The summed E-state index contributed by atoms with van der Waals surface area (Å²) >= 11 is 5.60. The first-order chi connectivity index (χ1) is 46.3. The number of aromatic amines is 1. The minimum absolute atomic E-state index is 0.127. The number of thioether (sulfide) groups is 1. The zero-order chi connectivity index (χ0) is 73.3. The molecule has 0 fully saturated rings. The largest absolute Gasteiger partial charge is 0.508 e. The van der Waals surface area contributed by atoms with Crippen LogP contribution in [0.3, 0.4) is 0 Å². The van der Waals surface area contributed by atoms with Crippen molar-refractivity contribution < 1.29 is 92.7 Å². The number of carbonyl (C=O) groups is 14. The van der Waals surface area contributed by atoms with E-state index in [1.54, 1.807) is 64.3 Å². The van der Waals surface area contributed by atoms with Crippen LogP contribution in [0.1, 0.15) is 90.0 Å². The third kappa shape index (κ3) is 28.7. The highest BCUT2D eigenvalue weighted by Crippen LogP contribution is 2.16. The van der Waals surface area contributed by atoms with Gasteiger partial charge < -0.3 is 100 Å². The van der Waals surface area contributed by atoms with Crippen LogP contribution < -0.4 is 70.0 Å². The van der Waals surface area contributed by atoms with Gasteiger partial charge in [0.25, 0.3) is 0 Å². The van der Waals surface area contributed by atoms with Crippen LogP contribution in [0.4, 0.5) is 0 Å². The monoisotopic (exact) mass is 1410 g/mol. The van der Waals surface area contributed by atoms with Gasteiger partial charge in [-0.05, 0) is 73.3 Å². The number of carbonyl (C=O) groups excluding carboxylic acids is 12. The number of benzene rings is 2. The van der Waals surface area contributed by atoms with Gasteiger partial charge in [-0.15, -0.1) is 0 Å². The van der Waals surface area contributed by atoms with Crippen LogP contribution in [0.2, 0.25) is 0 Å². The molecule has 98 heavy (non-hydrogen) atoms. The van der Waals surface area contributed by atoms with Crippen LogP contribution in [-0.2, 0) is 86.4 Å². The Kier molecular flexibility index (Phi) is 35.8. The van der Waals surface area contributed by atoms with Gasteiger partial charge in [-0.25, -0.2) is 9.78 Å². The van der Waals surface area contributed by atoms with Crippen LogP contribution in [-0.4, -0.2) is 222 Å². The van der Waals surface area contributed by atoms with Crippen molar-refractivity contribution >= 4 is 107 Å². The molecule has 34 nitrogen and oxygen atoms in total. The molecule has 2 aromatic carbocycles. The average Bonchev–Trinajstić information content (AvgIpc) is 0.857. The Balaban J connectivity index is 1.83. The highest BCUT2D eigenvalue weighted by atomic mass is 32.2. The van der Waals surface area contributed by atoms with E-state index >= 15 is 0 Å². The third-order valence-electron chi connectivity index (χ3n) is 15.3. The lowest BCUT2D eigenvalue weighted by molar-refractivity contribution is -0.142. The van der Waals surface area contributed by atoms with Crippen molar-refractivity contribution in [2.24, 2.45) is 23.3 Å². The van der Waals surface area contributed by atoms with Gasteiger partial charge >= 0.3 is 11.9 Å². The highest BCUT2D eigenvalue weighted by Gasteiger charge is 2.38. The third-order valence-corrected chi connectivity index (χ3v) is 16.3. The summed E-state index contributed by atoms with van der Waals surface area (Å²) in [6.07, 6.45) is 0.814. The van der Waals surface area contributed by atoms with E-state index in [2.05, 4.69) is 81.1 Å². The molecule has 0 bridgehead atoms. The van der Waals surface area contributed by atoms with Crippen LogP contribution in [0.15, 0.2) is 67.1 Å². The number of phenols is 1. The fraction of sp³-hybridized carbons (Fsp3) is 0.532. The molecule has 540 valence electrons. The van der Waals surface area contributed by atoms with Gasteiger partial charge in [0.1, 0.15) is 66.2 Å². The predicted octanol–water partition coefficient (Wildman–Crippen LogP) is -4.59. The number of H-pyrrole nitrogens is 1. The molecule has 13 atom stereocenters. The maximum absolute atomic E-state index is 14.8. The molecule has 3 rings (SSSR count). The molecule has 3 aromatic rings.